The molecule has 0 aromatic heterocycles. The van der Waals surface area contributed by atoms with Crippen LogP contribution < -0.4 is 0 Å². The number of ether oxygens (including phenoxy) is 1. The first-order valence-corrected chi connectivity index (χ1v) is 5.99. The number of hydrogen-bond donors (Lipinski definition) is 0. The van der Waals surface area contributed by atoms with Crippen LogP contribution in [-0.2, 0) is 4.74 Å². The van der Waals surface area contributed by atoms with Crippen LogP contribution in [0.1, 0.15) is 6.42 Å². The molecule has 1 aliphatic rings. The Hall–Kier alpha value is -0.0400. The zero-order valence-corrected chi connectivity index (χ0v) is 8.81. The van der Waals surface area contributed by atoms with Crippen molar-refractivity contribution in [3.63, 3.8) is 0 Å². The number of carbonyl (C=O) groups is 1. The zero-order chi connectivity index (χ0) is 10.6. The van der Waals surface area contributed by atoms with Gasteiger partial charge in [-0.15, -0.1) is 0 Å². The minimum Gasteiger partial charge on any atom is -0.448 e. The highest BCUT2D eigenvalue weighted by Crippen LogP contribution is 2.29. The van der Waals surface area contributed by atoms with Crippen molar-refractivity contribution in [2.24, 2.45) is 0 Å². The summed E-state index contributed by atoms with van der Waals surface area (Å²) in [6.45, 7) is -1.49. The van der Waals surface area contributed by atoms with Crippen LogP contribution >= 0.6 is 23.5 Å². The zero-order valence-electron chi connectivity index (χ0n) is 7.17. The van der Waals surface area contributed by atoms with E-state index >= 15 is 0 Å². The normalized spacial score (nSPS) is 22.4. The van der Waals surface area contributed by atoms with Crippen molar-refractivity contribution >= 4 is 28.8 Å². The lowest BCUT2D eigenvalue weighted by molar-refractivity contribution is -0.158. The van der Waals surface area contributed by atoms with Gasteiger partial charge >= 0.3 is 11.5 Å². The summed E-state index contributed by atoms with van der Waals surface area (Å²) in [5, 5.41) is -0.712. The maximum atomic E-state index is 11.6. The molecule has 1 fully saturated rings. The minimum atomic E-state index is -4.43. The van der Waals surface area contributed by atoms with Crippen molar-refractivity contribution in [3.05, 3.63) is 0 Å². The molecule has 0 aromatic rings. The molecule has 7 heteroatoms. The highest BCUT2D eigenvalue weighted by atomic mass is 32.2. The summed E-state index contributed by atoms with van der Waals surface area (Å²) in [6.07, 6.45) is -3.57. The second kappa shape index (κ2) is 5.16. The molecule has 2 nitrogen and oxygen atoms in total. The SMILES string of the molecule is O=C(OCC(F)(F)F)SC1CCSC1. The van der Waals surface area contributed by atoms with Gasteiger partial charge in [0.1, 0.15) is 0 Å². The van der Waals surface area contributed by atoms with Crippen molar-refractivity contribution in [1.82, 2.24) is 0 Å². The molecule has 0 radical (unpaired) electrons. The lowest BCUT2D eigenvalue weighted by atomic mass is 10.4. The van der Waals surface area contributed by atoms with Crippen molar-refractivity contribution in [3.8, 4) is 0 Å². The summed E-state index contributed by atoms with van der Waals surface area (Å²) in [7, 11) is 0. The fourth-order valence-electron chi connectivity index (χ4n) is 0.917. The lowest BCUT2D eigenvalue weighted by Crippen LogP contribution is -2.19. The monoisotopic (exact) mass is 246 g/mol. The van der Waals surface area contributed by atoms with Crippen LogP contribution in [0.25, 0.3) is 0 Å². The van der Waals surface area contributed by atoms with E-state index in [0.29, 0.717) is 0 Å². The molecule has 1 heterocycles. The van der Waals surface area contributed by atoms with Gasteiger partial charge < -0.3 is 4.74 Å². The first-order chi connectivity index (χ1) is 6.47. The molecule has 1 aliphatic heterocycles. The summed E-state index contributed by atoms with van der Waals surface area (Å²) < 4.78 is 39.0. The van der Waals surface area contributed by atoms with Gasteiger partial charge in [0.15, 0.2) is 6.61 Å². The largest absolute Gasteiger partial charge is 0.448 e. The Kier molecular flexibility index (Phi) is 4.43. The number of rotatable bonds is 2. The van der Waals surface area contributed by atoms with E-state index in [2.05, 4.69) is 4.74 Å². The van der Waals surface area contributed by atoms with E-state index in [0.717, 1.165) is 29.7 Å². The van der Waals surface area contributed by atoms with Crippen molar-refractivity contribution < 1.29 is 22.7 Å². The number of hydrogen-bond acceptors (Lipinski definition) is 4. The van der Waals surface area contributed by atoms with Crippen LogP contribution in [0, 0.1) is 0 Å². The first-order valence-electron chi connectivity index (χ1n) is 3.95. The molecule has 1 rings (SSSR count). The van der Waals surface area contributed by atoms with Crippen molar-refractivity contribution in [1.29, 1.82) is 0 Å². The van der Waals surface area contributed by atoms with Crippen LogP contribution in [0.3, 0.4) is 0 Å². The van der Waals surface area contributed by atoms with E-state index in [1.54, 1.807) is 11.8 Å². The Bertz CT molecular complexity index is 202. The minimum absolute atomic E-state index is 0.112. The van der Waals surface area contributed by atoms with Crippen LogP contribution in [0.5, 0.6) is 0 Å². The van der Waals surface area contributed by atoms with Crippen molar-refractivity contribution in [2.75, 3.05) is 18.1 Å². The van der Waals surface area contributed by atoms with E-state index in [1.165, 1.54) is 0 Å². The van der Waals surface area contributed by atoms with Crippen LogP contribution in [0.4, 0.5) is 18.0 Å². The third-order valence-electron chi connectivity index (χ3n) is 1.50. The summed E-state index contributed by atoms with van der Waals surface area (Å²) in [5.41, 5.74) is 0. The molecule has 0 bridgehead atoms. The Morgan fingerprint density at radius 1 is 1.57 bits per heavy atom. The molecule has 14 heavy (non-hydrogen) atoms. The molecule has 1 atom stereocenters. The van der Waals surface area contributed by atoms with Crippen LogP contribution in [-0.4, -0.2) is 34.8 Å². The molecular weight excluding hydrogens is 237 g/mol. The molecule has 0 spiro atoms. The van der Waals surface area contributed by atoms with Gasteiger partial charge in [-0.3, -0.25) is 0 Å². The smallest absolute Gasteiger partial charge is 0.422 e. The predicted octanol–water partition coefficient (Wildman–Crippen LogP) is 2.92. The van der Waals surface area contributed by atoms with Gasteiger partial charge in [-0.25, -0.2) is 4.79 Å². The molecule has 0 aromatic carbocycles. The second-order valence-corrected chi connectivity index (χ2v) is 5.14. The van der Waals surface area contributed by atoms with E-state index in [-0.39, 0.29) is 5.25 Å². The topological polar surface area (TPSA) is 26.3 Å². The number of halogens is 3. The number of alkyl halides is 3. The Labute approximate surface area is 87.9 Å². The van der Waals surface area contributed by atoms with Gasteiger partial charge in [0.2, 0.25) is 0 Å². The summed E-state index contributed by atoms with van der Waals surface area (Å²) in [5.74, 6) is 1.77. The predicted molar refractivity (Wildman–Crippen MR) is 50.7 cm³/mol. The van der Waals surface area contributed by atoms with Crippen LogP contribution in [0.15, 0.2) is 0 Å². The maximum Gasteiger partial charge on any atom is 0.422 e. The quantitative estimate of drug-likeness (QED) is 0.700. The van der Waals surface area contributed by atoms with Gasteiger partial charge in [-0.1, -0.05) is 0 Å². The summed E-state index contributed by atoms with van der Waals surface area (Å²) in [4.78, 5) is 10.9. The summed E-state index contributed by atoms with van der Waals surface area (Å²) in [6, 6.07) is 0. The standard InChI is InChI=1S/C7H9F3O2S2/c8-7(9,10)4-12-6(11)14-5-1-2-13-3-5/h5H,1-4H2. The van der Waals surface area contributed by atoms with E-state index in [1.807, 2.05) is 0 Å². The fourth-order valence-corrected chi connectivity index (χ4v) is 3.31. The molecule has 0 amide bonds. The fraction of sp³-hybridized carbons (Fsp3) is 0.857. The Balaban J connectivity index is 2.15. The lowest BCUT2D eigenvalue weighted by Gasteiger charge is -2.09. The molecular formula is C7H9F3O2S2. The Morgan fingerprint density at radius 3 is 2.79 bits per heavy atom. The van der Waals surface area contributed by atoms with Crippen molar-refractivity contribution in [2.45, 2.75) is 17.8 Å². The molecule has 0 N–H and O–H groups in total. The average Bonchev–Trinajstić information content (AvgIpc) is 2.52. The van der Waals surface area contributed by atoms with Crippen LogP contribution in [0.2, 0.25) is 0 Å². The highest BCUT2D eigenvalue weighted by molar-refractivity contribution is 8.14. The molecule has 1 unspecified atom stereocenters. The average molecular weight is 246 g/mol. The van der Waals surface area contributed by atoms with E-state index < -0.39 is 18.1 Å². The van der Waals surface area contributed by atoms with E-state index in [4.69, 9.17) is 0 Å². The van der Waals surface area contributed by atoms with Gasteiger partial charge in [-0.2, -0.15) is 24.9 Å². The van der Waals surface area contributed by atoms with Gasteiger partial charge in [-0.05, 0) is 23.9 Å². The van der Waals surface area contributed by atoms with Gasteiger partial charge in [0, 0.05) is 11.0 Å². The molecule has 1 saturated heterocycles. The maximum absolute atomic E-state index is 11.6. The first kappa shape index (κ1) is 12.0. The molecule has 0 aliphatic carbocycles. The summed E-state index contributed by atoms with van der Waals surface area (Å²) >= 11 is 2.56. The molecule has 0 saturated carbocycles. The third kappa shape index (κ3) is 4.99. The highest BCUT2D eigenvalue weighted by Gasteiger charge is 2.30. The number of thioether (sulfide) groups is 2. The number of carbonyl (C=O) groups excluding carboxylic acids is 1. The van der Waals surface area contributed by atoms with Gasteiger partial charge in [0.05, 0.1) is 0 Å². The Morgan fingerprint density at radius 2 is 2.29 bits per heavy atom. The van der Waals surface area contributed by atoms with Gasteiger partial charge in [0.25, 0.3) is 0 Å². The van der Waals surface area contributed by atoms with E-state index in [9.17, 15) is 18.0 Å². The second-order valence-electron chi connectivity index (χ2n) is 2.76. The third-order valence-corrected chi connectivity index (χ3v) is 3.92. The molecule has 82 valence electrons.